The number of amides is 3. The molecule has 0 aromatic heterocycles. The Bertz CT molecular complexity index is 1110. The van der Waals surface area contributed by atoms with Crippen molar-refractivity contribution in [1.29, 1.82) is 0 Å². The number of halogens is 1. The molecule has 1 saturated heterocycles. The summed E-state index contributed by atoms with van der Waals surface area (Å²) in [5, 5.41) is 2.81. The van der Waals surface area contributed by atoms with E-state index in [1.165, 1.54) is 24.3 Å². The normalized spacial score (nSPS) is 13.5. The summed E-state index contributed by atoms with van der Waals surface area (Å²) >= 11 is 0. The predicted octanol–water partition coefficient (Wildman–Crippen LogP) is 3.68. The molecule has 3 aromatic carbocycles. The first-order chi connectivity index (χ1) is 15.5. The van der Waals surface area contributed by atoms with Gasteiger partial charge in [0.25, 0.3) is 17.7 Å². The third-order valence-electron chi connectivity index (χ3n) is 5.37. The summed E-state index contributed by atoms with van der Waals surface area (Å²) in [6.07, 6.45) is 0. The van der Waals surface area contributed by atoms with Crippen LogP contribution in [0.5, 0.6) is 0 Å². The van der Waals surface area contributed by atoms with Gasteiger partial charge in [0.05, 0.1) is 0 Å². The number of carbonyl (C=O) groups is 3. The molecule has 7 heteroatoms. The molecular weight excluding hydrogens is 409 g/mol. The number of anilines is 1. The van der Waals surface area contributed by atoms with Crippen molar-refractivity contribution in [1.82, 2.24) is 9.80 Å². The standard InChI is InChI=1S/C25H22FN3O3/c26-21-10-6-19(7-11-21)24(31)28-14-16-29(17-15-28)25(32)20-8-12-22(13-9-20)27-23(30)18-4-2-1-3-5-18/h1-13H,14-17H2,(H,27,30). The first-order valence-corrected chi connectivity index (χ1v) is 10.3. The summed E-state index contributed by atoms with van der Waals surface area (Å²) in [6, 6.07) is 21.1. The molecule has 0 atom stereocenters. The SMILES string of the molecule is O=C(Nc1ccc(C(=O)N2CCN(C(=O)c3ccc(F)cc3)CC2)cc1)c1ccccc1. The zero-order valence-electron chi connectivity index (χ0n) is 17.3. The fourth-order valence-electron chi connectivity index (χ4n) is 3.56. The molecule has 3 amide bonds. The summed E-state index contributed by atoms with van der Waals surface area (Å²) < 4.78 is 13.1. The lowest BCUT2D eigenvalue weighted by atomic mass is 10.1. The largest absolute Gasteiger partial charge is 0.335 e. The Morgan fingerprint density at radius 1 is 0.625 bits per heavy atom. The molecule has 0 bridgehead atoms. The summed E-state index contributed by atoms with van der Waals surface area (Å²) in [6.45, 7) is 1.65. The topological polar surface area (TPSA) is 69.7 Å². The van der Waals surface area contributed by atoms with Crippen molar-refractivity contribution in [2.75, 3.05) is 31.5 Å². The van der Waals surface area contributed by atoms with Crippen LogP contribution in [0.15, 0.2) is 78.9 Å². The van der Waals surface area contributed by atoms with Gasteiger partial charge in [-0.15, -0.1) is 0 Å². The molecule has 1 aliphatic heterocycles. The zero-order chi connectivity index (χ0) is 22.5. The molecule has 0 radical (unpaired) electrons. The molecule has 0 spiro atoms. The molecule has 162 valence electrons. The fourth-order valence-corrected chi connectivity index (χ4v) is 3.56. The maximum Gasteiger partial charge on any atom is 0.255 e. The zero-order valence-corrected chi connectivity index (χ0v) is 17.3. The van der Waals surface area contributed by atoms with Crippen LogP contribution in [0.1, 0.15) is 31.1 Å². The highest BCUT2D eigenvalue weighted by Crippen LogP contribution is 2.16. The van der Waals surface area contributed by atoms with Crippen molar-refractivity contribution in [3.05, 3.63) is 101 Å². The number of benzene rings is 3. The van der Waals surface area contributed by atoms with Crippen LogP contribution < -0.4 is 5.32 Å². The maximum atomic E-state index is 13.1. The molecule has 0 saturated carbocycles. The fraction of sp³-hybridized carbons (Fsp3) is 0.160. The highest BCUT2D eigenvalue weighted by Gasteiger charge is 2.25. The maximum absolute atomic E-state index is 13.1. The van der Waals surface area contributed by atoms with Crippen LogP contribution >= 0.6 is 0 Å². The van der Waals surface area contributed by atoms with Gasteiger partial charge in [0.15, 0.2) is 0 Å². The lowest BCUT2D eigenvalue weighted by Gasteiger charge is -2.35. The Morgan fingerprint density at radius 2 is 1.09 bits per heavy atom. The highest BCUT2D eigenvalue weighted by atomic mass is 19.1. The first-order valence-electron chi connectivity index (χ1n) is 10.3. The Labute approximate surface area is 185 Å². The molecule has 3 aromatic rings. The Morgan fingerprint density at radius 3 is 1.59 bits per heavy atom. The van der Waals surface area contributed by atoms with E-state index in [4.69, 9.17) is 0 Å². The van der Waals surface area contributed by atoms with Crippen LogP contribution in [0, 0.1) is 5.82 Å². The lowest BCUT2D eigenvalue weighted by Crippen LogP contribution is -2.50. The first kappa shape index (κ1) is 21.2. The minimum absolute atomic E-state index is 0.125. The molecule has 1 fully saturated rings. The van der Waals surface area contributed by atoms with Gasteiger partial charge in [-0.25, -0.2) is 4.39 Å². The average molecular weight is 431 g/mol. The minimum Gasteiger partial charge on any atom is -0.335 e. The van der Waals surface area contributed by atoms with Crippen molar-refractivity contribution in [3.63, 3.8) is 0 Å². The van der Waals surface area contributed by atoms with Crippen LogP contribution in [0.4, 0.5) is 10.1 Å². The van der Waals surface area contributed by atoms with Crippen molar-refractivity contribution < 1.29 is 18.8 Å². The van der Waals surface area contributed by atoms with Crippen molar-refractivity contribution in [3.8, 4) is 0 Å². The third-order valence-corrected chi connectivity index (χ3v) is 5.37. The van der Waals surface area contributed by atoms with Gasteiger partial charge in [-0.05, 0) is 60.7 Å². The molecule has 0 unspecified atom stereocenters. The van der Waals surface area contributed by atoms with Crippen molar-refractivity contribution >= 4 is 23.4 Å². The van der Waals surface area contributed by atoms with E-state index in [0.717, 1.165) is 0 Å². The Balaban J connectivity index is 1.32. The van der Waals surface area contributed by atoms with Crippen LogP contribution in [-0.4, -0.2) is 53.7 Å². The van der Waals surface area contributed by atoms with E-state index < -0.39 is 0 Å². The van der Waals surface area contributed by atoms with Gasteiger partial charge in [-0.1, -0.05) is 18.2 Å². The van der Waals surface area contributed by atoms with E-state index in [1.54, 1.807) is 58.3 Å². The number of piperazine rings is 1. The van der Waals surface area contributed by atoms with Crippen molar-refractivity contribution in [2.24, 2.45) is 0 Å². The quantitative estimate of drug-likeness (QED) is 0.685. The van der Waals surface area contributed by atoms with Gasteiger partial charge < -0.3 is 15.1 Å². The molecule has 1 N–H and O–H groups in total. The smallest absolute Gasteiger partial charge is 0.255 e. The minimum atomic E-state index is -0.386. The summed E-state index contributed by atoms with van der Waals surface area (Å²) in [5.41, 5.74) is 2.10. The van der Waals surface area contributed by atoms with Crippen LogP contribution in [0.25, 0.3) is 0 Å². The molecule has 1 aliphatic rings. The second-order valence-electron chi connectivity index (χ2n) is 7.49. The molecule has 0 aliphatic carbocycles. The summed E-state index contributed by atoms with van der Waals surface area (Å²) in [5.74, 6) is -0.898. The number of carbonyl (C=O) groups excluding carboxylic acids is 3. The second kappa shape index (κ2) is 9.43. The molecular formula is C25H22FN3O3. The molecule has 4 rings (SSSR count). The number of rotatable bonds is 4. The third kappa shape index (κ3) is 4.83. The van der Waals surface area contributed by atoms with Gasteiger partial charge in [-0.3, -0.25) is 14.4 Å². The van der Waals surface area contributed by atoms with E-state index >= 15 is 0 Å². The Hall–Kier alpha value is -4.00. The van der Waals surface area contributed by atoms with Crippen LogP contribution in [0.3, 0.4) is 0 Å². The number of hydrogen-bond acceptors (Lipinski definition) is 3. The van der Waals surface area contributed by atoms with E-state index in [1.807, 2.05) is 6.07 Å². The number of nitrogens with zero attached hydrogens (tertiary/aromatic N) is 2. The van der Waals surface area contributed by atoms with E-state index in [0.29, 0.717) is 48.6 Å². The second-order valence-corrected chi connectivity index (χ2v) is 7.49. The summed E-state index contributed by atoms with van der Waals surface area (Å²) in [4.78, 5) is 41.0. The van der Waals surface area contributed by atoms with Gasteiger partial charge >= 0.3 is 0 Å². The van der Waals surface area contributed by atoms with Gasteiger partial charge in [0, 0.05) is 48.6 Å². The Kier molecular flexibility index (Phi) is 6.26. The number of hydrogen-bond donors (Lipinski definition) is 1. The molecule has 6 nitrogen and oxygen atoms in total. The van der Waals surface area contributed by atoms with Crippen LogP contribution in [0.2, 0.25) is 0 Å². The van der Waals surface area contributed by atoms with Crippen LogP contribution in [-0.2, 0) is 0 Å². The van der Waals surface area contributed by atoms with E-state index in [-0.39, 0.29) is 23.5 Å². The van der Waals surface area contributed by atoms with Gasteiger partial charge in [-0.2, -0.15) is 0 Å². The van der Waals surface area contributed by atoms with Crippen molar-refractivity contribution in [2.45, 2.75) is 0 Å². The van der Waals surface area contributed by atoms with Gasteiger partial charge in [0.2, 0.25) is 0 Å². The summed E-state index contributed by atoms with van der Waals surface area (Å²) in [7, 11) is 0. The van der Waals surface area contributed by atoms with E-state index in [2.05, 4.69) is 5.32 Å². The average Bonchev–Trinajstić information content (AvgIpc) is 2.85. The number of nitrogens with one attached hydrogen (secondary N) is 1. The highest BCUT2D eigenvalue weighted by molar-refractivity contribution is 6.04. The molecule has 1 heterocycles. The van der Waals surface area contributed by atoms with Gasteiger partial charge in [0.1, 0.15) is 5.82 Å². The molecule has 32 heavy (non-hydrogen) atoms. The van der Waals surface area contributed by atoms with E-state index in [9.17, 15) is 18.8 Å². The predicted molar refractivity (Wildman–Crippen MR) is 119 cm³/mol. The lowest BCUT2D eigenvalue weighted by molar-refractivity contribution is 0.0535. The monoisotopic (exact) mass is 431 g/mol.